The fraction of sp³-hybridized carbons (Fsp3) is 0.154. The molecular formula is C26H23N5O2S. The van der Waals surface area contributed by atoms with Crippen molar-refractivity contribution in [3.05, 3.63) is 94.8 Å². The third kappa shape index (κ3) is 3.86. The van der Waals surface area contributed by atoms with Gasteiger partial charge in [0.25, 0.3) is 5.91 Å². The molecule has 3 aromatic heterocycles. The minimum absolute atomic E-state index is 0.0357. The minimum Gasteiger partial charge on any atom is -0.293 e. The summed E-state index contributed by atoms with van der Waals surface area (Å²) < 4.78 is 3.65. The van der Waals surface area contributed by atoms with E-state index >= 15 is 0 Å². The Bertz CT molecular complexity index is 1550. The lowest BCUT2D eigenvalue weighted by atomic mass is 10.1. The molecular weight excluding hydrogens is 446 g/mol. The Morgan fingerprint density at radius 1 is 0.941 bits per heavy atom. The van der Waals surface area contributed by atoms with Crippen molar-refractivity contribution < 1.29 is 9.59 Å². The van der Waals surface area contributed by atoms with Gasteiger partial charge >= 0.3 is 0 Å². The van der Waals surface area contributed by atoms with Crippen LogP contribution in [0.5, 0.6) is 0 Å². The number of aromatic nitrogens is 4. The van der Waals surface area contributed by atoms with Crippen LogP contribution >= 0.6 is 11.8 Å². The molecule has 0 aliphatic carbocycles. The lowest BCUT2D eigenvalue weighted by Gasteiger charge is -2.11. The largest absolute Gasteiger partial charge is 0.293 e. The highest BCUT2D eigenvalue weighted by Gasteiger charge is 2.19. The van der Waals surface area contributed by atoms with Gasteiger partial charge < -0.3 is 0 Å². The summed E-state index contributed by atoms with van der Waals surface area (Å²) in [6.45, 7) is 5.75. The summed E-state index contributed by atoms with van der Waals surface area (Å²) in [5.41, 5.74) is 8.39. The molecule has 0 radical (unpaired) electrons. The van der Waals surface area contributed by atoms with E-state index in [0.717, 1.165) is 27.8 Å². The molecule has 0 aliphatic rings. The number of carbonyl (C=O) groups is 2. The van der Waals surface area contributed by atoms with Crippen LogP contribution in [0.15, 0.2) is 71.9 Å². The summed E-state index contributed by atoms with van der Waals surface area (Å²) in [6, 6.07) is 20.9. The number of carbonyl (C=O) groups excluding carboxylic acids is 2. The zero-order valence-electron chi connectivity index (χ0n) is 19.1. The van der Waals surface area contributed by atoms with Crippen LogP contribution in [-0.2, 0) is 0 Å². The van der Waals surface area contributed by atoms with Gasteiger partial charge in [-0.05, 0) is 56.7 Å². The summed E-state index contributed by atoms with van der Waals surface area (Å²) >= 11 is 1.36. The number of hydrogen-bond acceptors (Lipinski definition) is 5. The molecule has 0 aliphatic heterocycles. The normalized spacial score (nSPS) is 11.3. The Labute approximate surface area is 200 Å². The molecule has 5 rings (SSSR count). The number of fused-ring (bicyclic) bond motifs is 3. The number of nitrogens with one attached hydrogen (secondary N) is 1. The molecule has 1 N–H and O–H groups in total. The molecule has 0 unspecified atom stereocenters. The van der Waals surface area contributed by atoms with Gasteiger partial charge in [-0.2, -0.15) is 0 Å². The van der Waals surface area contributed by atoms with Gasteiger partial charge in [0.2, 0.25) is 0 Å². The van der Waals surface area contributed by atoms with E-state index in [-0.39, 0.29) is 17.4 Å². The number of thioether (sulfide) groups is 1. The number of hydrogen-bond donors (Lipinski definition) is 1. The van der Waals surface area contributed by atoms with Crippen LogP contribution < -0.4 is 5.43 Å². The summed E-state index contributed by atoms with van der Waals surface area (Å²) in [6.07, 6.45) is 0. The van der Waals surface area contributed by atoms with Gasteiger partial charge in [0.05, 0.1) is 11.3 Å². The number of benzene rings is 2. The van der Waals surface area contributed by atoms with Crippen molar-refractivity contribution in [1.29, 1.82) is 0 Å². The first-order valence-electron chi connectivity index (χ1n) is 10.9. The Balaban J connectivity index is 1.38. The van der Waals surface area contributed by atoms with E-state index in [0.29, 0.717) is 22.0 Å². The van der Waals surface area contributed by atoms with Gasteiger partial charge in [0, 0.05) is 27.9 Å². The predicted octanol–water partition coefficient (Wildman–Crippen LogP) is 4.97. The smallest absolute Gasteiger partial charge is 0.270 e. The van der Waals surface area contributed by atoms with Crippen LogP contribution in [0, 0.1) is 20.8 Å². The van der Waals surface area contributed by atoms with Crippen molar-refractivity contribution in [2.45, 2.75) is 25.9 Å². The van der Waals surface area contributed by atoms with Crippen molar-refractivity contribution in [2.24, 2.45) is 0 Å². The maximum Gasteiger partial charge on any atom is 0.270 e. The van der Waals surface area contributed by atoms with Crippen LogP contribution in [0.2, 0.25) is 0 Å². The summed E-state index contributed by atoms with van der Waals surface area (Å²) in [5, 5.41) is 10.4. The van der Waals surface area contributed by atoms with E-state index in [1.54, 1.807) is 16.8 Å². The molecule has 0 atom stereocenters. The van der Waals surface area contributed by atoms with E-state index in [2.05, 4.69) is 28.6 Å². The van der Waals surface area contributed by atoms with Crippen molar-refractivity contribution >= 4 is 40.0 Å². The first-order chi connectivity index (χ1) is 16.4. The average molecular weight is 470 g/mol. The molecule has 0 fully saturated rings. The van der Waals surface area contributed by atoms with Crippen LogP contribution in [0.25, 0.3) is 16.6 Å². The zero-order valence-corrected chi connectivity index (χ0v) is 19.9. The Hall–Kier alpha value is -3.91. The molecule has 0 saturated carbocycles. The van der Waals surface area contributed by atoms with E-state index in [4.69, 9.17) is 0 Å². The molecule has 2 aromatic carbocycles. The van der Waals surface area contributed by atoms with Gasteiger partial charge in [-0.15, -0.1) is 10.2 Å². The van der Waals surface area contributed by atoms with Crippen molar-refractivity contribution in [2.75, 3.05) is 11.2 Å². The van der Waals surface area contributed by atoms with Gasteiger partial charge in [-0.1, -0.05) is 48.2 Å². The predicted molar refractivity (Wildman–Crippen MR) is 134 cm³/mol. The van der Waals surface area contributed by atoms with Gasteiger partial charge in [-0.3, -0.25) is 24.1 Å². The Kier molecular flexibility index (Phi) is 5.67. The molecule has 34 heavy (non-hydrogen) atoms. The van der Waals surface area contributed by atoms with Crippen molar-refractivity contribution in [3.8, 4) is 0 Å². The van der Waals surface area contributed by atoms with Crippen LogP contribution in [0.1, 0.15) is 37.7 Å². The SMILES string of the molecule is Cc1cc2nnc(SCC(=O)c3cc(C)n(NC(=O)c4ccccc4)c3C)n2c2ccccc12. The molecule has 7 nitrogen and oxygen atoms in total. The van der Waals surface area contributed by atoms with E-state index in [9.17, 15) is 9.59 Å². The highest BCUT2D eigenvalue weighted by molar-refractivity contribution is 7.99. The highest BCUT2D eigenvalue weighted by Crippen LogP contribution is 2.26. The first kappa shape index (κ1) is 21.9. The number of ketones is 1. The molecule has 0 saturated heterocycles. The molecule has 3 heterocycles. The van der Waals surface area contributed by atoms with Crippen LogP contribution in [0.4, 0.5) is 0 Å². The fourth-order valence-corrected chi connectivity index (χ4v) is 4.98. The van der Waals surface area contributed by atoms with Crippen LogP contribution in [0.3, 0.4) is 0 Å². The first-order valence-corrected chi connectivity index (χ1v) is 11.9. The number of pyridine rings is 1. The minimum atomic E-state index is -0.229. The highest BCUT2D eigenvalue weighted by atomic mass is 32.2. The maximum atomic E-state index is 13.1. The number of aryl methyl sites for hydroxylation is 2. The molecule has 5 aromatic rings. The Morgan fingerprint density at radius 3 is 2.47 bits per heavy atom. The van der Waals surface area contributed by atoms with E-state index < -0.39 is 0 Å². The summed E-state index contributed by atoms with van der Waals surface area (Å²) in [5.74, 6) is -0.0562. The van der Waals surface area contributed by atoms with Crippen LogP contribution in [-0.4, -0.2) is 36.7 Å². The molecule has 0 spiro atoms. The number of amides is 1. The van der Waals surface area contributed by atoms with Gasteiger partial charge in [0.15, 0.2) is 16.6 Å². The van der Waals surface area contributed by atoms with Crippen molar-refractivity contribution in [3.63, 3.8) is 0 Å². The number of Topliss-reactive ketones (excluding diaryl/α,β-unsaturated/α-hetero) is 1. The van der Waals surface area contributed by atoms with E-state index in [1.807, 2.05) is 66.8 Å². The van der Waals surface area contributed by atoms with Crippen molar-refractivity contribution in [1.82, 2.24) is 19.3 Å². The van der Waals surface area contributed by atoms with Gasteiger partial charge in [-0.25, -0.2) is 0 Å². The quantitative estimate of drug-likeness (QED) is 0.281. The summed E-state index contributed by atoms with van der Waals surface area (Å²) in [7, 11) is 0. The second-order valence-corrected chi connectivity index (χ2v) is 9.10. The topological polar surface area (TPSA) is 81.3 Å². The third-order valence-electron chi connectivity index (χ3n) is 5.89. The third-order valence-corrected chi connectivity index (χ3v) is 6.82. The van der Waals surface area contributed by atoms with E-state index in [1.165, 1.54) is 11.8 Å². The Morgan fingerprint density at radius 2 is 1.68 bits per heavy atom. The summed E-state index contributed by atoms with van der Waals surface area (Å²) in [4.78, 5) is 25.7. The number of para-hydroxylation sites is 1. The lowest BCUT2D eigenvalue weighted by Crippen LogP contribution is -2.25. The number of nitrogens with zero attached hydrogens (tertiary/aromatic N) is 4. The molecule has 8 heteroatoms. The second kappa shape index (κ2) is 8.79. The molecule has 1 amide bonds. The molecule has 170 valence electrons. The molecule has 0 bridgehead atoms. The zero-order chi connectivity index (χ0) is 23.8. The second-order valence-electron chi connectivity index (χ2n) is 8.16. The lowest BCUT2D eigenvalue weighted by molar-refractivity contribution is 0.0999. The maximum absolute atomic E-state index is 13.1. The monoisotopic (exact) mass is 469 g/mol. The van der Waals surface area contributed by atoms with Gasteiger partial charge in [0.1, 0.15) is 0 Å². The standard InChI is InChI=1S/C26H23N5O2S/c1-16-13-24-27-28-26(30(24)22-12-8-7-11-20(16)22)34-15-23(32)21-14-17(2)31(18(21)3)29-25(33)19-9-5-4-6-10-19/h4-14H,15H2,1-3H3,(H,29,33). The number of rotatable bonds is 6. The average Bonchev–Trinajstić information content (AvgIpc) is 3.39. The fourth-order valence-electron chi connectivity index (χ4n) is 4.15.